The number of aryl methyl sites for hydroxylation is 1. The van der Waals surface area contributed by atoms with E-state index in [1.807, 2.05) is 45.1 Å². The van der Waals surface area contributed by atoms with Crippen LogP contribution >= 0.6 is 0 Å². The molecule has 2 unspecified atom stereocenters. The van der Waals surface area contributed by atoms with E-state index in [9.17, 15) is 9.59 Å². The van der Waals surface area contributed by atoms with Gasteiger partial charge in [-0.05, 0) is 44.1 Å². The van der Waals surface area contributed by atoms with Crippen LogP contribution in [0.3, 0.4) is 0 Å². The van der Waals surface area contributed by atoms with Crippen molar-refractivity contribution >= 4 is 22.8 Å². The summed E-state index contributed by atoms with van der Waals surface area (Å²) in [6.45, 7) is 5.84. The lowest BCUT2D eigenvalue weighted by atomic mass is 9.91. The van der Waals surface area contributed by atoms with Crippen molar-refractivity contribution in [2.24, 2.45) is 0 Å². The molecule has 2 aromatic rings. The molecule has 0 fully saturated rings. The van der Waals surface area contributed by atoms with Gasteiger partial charge < -0.3 is 13.9 Å². The zero-order valence-corrected chi connectivity index (χ0v) is 15.7. The van der Waals surface area contributed by atoms with Crippen molar-refractivity contribution in [3.63, 3.8) is 0 Å². The number of allylic oxidation sites excluding steroid dienone is 1. The Morgan fingerprint density at radius 1 is 1.22 bits per heavy atom. The molecule has 0 amide bonds. The highest BCUT2D eigenvalue weighted by Crippen LogP contribution is 2.47. The van der Waals surface area contributed by atoms with Crippen molar-refractivity contribution in [2.45, 2.75) is 52.2 Å². The molecular formula is C22H22O5. The summed E-state index contributed by atoms with van der Waals surface area (Å²) in [7, 11) is 0. The van der Waals surface area contributed by atoms with Crippen molar-refractivity contribution < 1.29 is 18.7 Å². The molecule has 140 valence electrons. The first-order chi connectivity index (χ1) is 13.0. The van der Waals surface area contributed by atoms with Crippen LogP contribution < -0.4 is 15.1 Å². The SMILES string of the molecule is CC=CC1C=Cc2c3c(c4oc(=O)cc(CCC)c4c2O1)C(=O)CC(C)O3. The van der Waals surface area contributed by atoms with Gasteiger partial charge >= 0.3 is 5.63 Å². The molecule has 5 nitrogen and oxygen atoms in total. The van der Waals surface area contributed by atoms with E-state index in [4.69, 9.17) is 13.9 Å². The maximum atomic E-state index is 12.8. The molecule has 0 bridgehead atoms. The van der Waals surface area contributed by atoms with E-state index in [0.29, 0.717) is 28.9 Å². The number of hydrogen-bond donors (Lipinski definition) is 0. The average molecular weight is 366 g/mol. The summed E-state index contributed by atoms with van der Waals surface area (Å²) < 4.78 is 17.8. The van der Waals surface area contributed by atoms with Gasteiger partial charge in [0.15, 0.2) is 11.4 Å². The number of ether oxygens (including phenoxy) is 2. The van der Waals surface area contributed by atoms with Crippen molar-refractivity contribution in [2.75, 3.05) is 0 Å². The van der Waals surface area contributed by atoms with Gasteiger partial charge in [-0.25, -0.2) is 4.79 Å². The number of Topliss-reactive ketones (excluding diaryl/α,β-unsaturated/α-hetero) is 1. The summed E-state index contributed by atoms with van der Waals surface area (Å²) in [6, 6.07) is 1.50. The maximum Gasteiger partial charge on any atom is 0.336 e. The van der Waals surface area contributed by atoms with E-state index in [0.717, 1.165) is 17.5 Å². The van der Waals surface area contributed by atoms with Crippen LogP contribution in [0.15, 0.2) is 33.5 Å². The van der Waals surface area contributed by atoms with Crippen molar-refractivity contribution in [3.8, 4) is 11.5 Å². The molecule has 2 atom stereocenters. The van der Waals surface area contributed by atoms with Gasteiger partial charge in [0.25, 0.3) is 0 Å². The number of hydrogen-bond acceptors (Lipinski definition) is 5. The smallest absolute Gasteiger partial charge is 0.336 e. The molecule has 27 heavy (non-hydrogen) atoms. The molecule has 0 N–H and O–H groups in total. The van der Waals surface area contributed by atoms with Gasteiger partial charge in [-0.15, -0.1) is 0 Å². The third-order valence-corrected chi connectivity index (χ3v) is 4.89. The van der Waals surface area contributed by atoms with Crippen LogP contribution in [-0.4, -0.2) is 18.0 Å². The fraction of sp³-hybridized carbons (Fsp3) is 0.364. The van der Waals surface area contributed by atoms with E-state index in [-0.39, 0.29) is 30.0 Å². The normalized spacial score (nSPS) is 21.1. The summed E-state index contributed by atoms with van der Waals surface area (Å²) in [5.41, 5.74) is 1.75. The standard InChI is InChI=1S/C22H22O5/c1-4-6-13-11-17(24)27-22-18(13)20-15(9-8-14(26-20)7-5-2)21-19(22)16(23)10-12(3)25-21/h5,7-9,11-12,14H,4,6,10H2,1-3H3. The first-order valence-corrected chi connectivity index (χ1v) is 9.37. The Kier molecular flexibility index (Phi) is 4.38. The van der Waals surface area contributed by atoms with Gasteiger partial charge in [0.2, 0.25) is 0 Å². The van der Waals surface area contributed by atoms with Gasteiger partial charge in [-0.2, -0.15) is 0 Å². The summed E-state index contributed by atoms with van der Waals surface area (Å²) >= 11 is 0. The van der Waals surface area contributed by atoms with E-state index in [2.05, 4.69) is 0 Å². The largest absolute Gasteiger partial charge is 0.489 e. The van der Waals surface area contributed by atoms with Crippen LogP contribution in [0.25, 0.3) is 17.0 Å². The Hall–Kier alpha value is -2.82. The molecule has 0 aliphatic carbocycles. The number of ketones is 1. The Morgan fingerprint density at radius 3 is 2.78 bits per heavy atom. The van der Waals surface area contributed by atoms with Crippen LogP contribution in [0.1, 0.15) is 55.1 Å². The van der Waals surface area contributed by atoms with E-state index in [1.165, 1.54) is 6.07 Å². The predicted octanol–water partition coefficient (Wildman–Crippen LogP) is 4.45. The Labute approximate surface area is 157 Å². The highest BCUT2D eigenvalue weighted by atomic mass is 16.5. The highest BCUT2D eigenvalue weighted by molar-refractivity contribution is 6.13. The van der Waals surface area contributed by atoms with Gasteiger partial charge in [-0.3, -0.25) is 4.79 Å². The zero-order chi connectivity index (χ0) is 19.1. The third-order valence-electron chi connectivity index (χ3n) is 4.89. The molecule has 0 saturated heterocycles. The summed E-state index contributed by atoms with van der Waals surface area (Å²) in [6.07, 6.45) is 9.09. The predicted molar refractivity (Wildman–Crippen MR) is 104 cm³/mol. The van der Waals surface area contributed by atoms with Gasteiger partial charge in [-0.1, -0.05) is 19.4 Å². The average Bonchev–Trinajstić information content (AvgIpc) is 2.61. The Bertz CT molecular complexity index is 1040. The lowest BCUT2D eigenvalue weighted by Gasteiger charge is -2.29. The molecule has 3 heterocycles. The molecule has 1 aromatic heterocycles. The molecule has 0 radical (unpaired) electrons. The monoisotopic (exact) mass is 366 g/mol. The maximum absolute atomic E-state index is 12.8. The minimum atomic E-state index is -0.462. The van der Waals surface area contributed by atoms with Crippen LogP contribution in [0.5, 0.6) is 11.5 Å². The first-order valence-electron chi connectivity index (χ1n) is 9.37. The summed E-state index contributed by atoms with van der Waals surface area (Å²) in [5, 5.41) is 0.704. The van der Waals surface area contributed by atoms with E-state index < -0.39 is 5.63 Å². The molecule has 0 saturated carbocycles. The Balaban J connectivity index is 2.12. The minimum Gasteiger partial charge on any atom is -0.489 e. The lowest BCUT2D eigenvalue weighted by Crippen LogP contribution is -2.26. The molecule has 4 rings (SSSR count). The van der Waals surface area contributed by atoms with E-state index >= 15 is 0 Å². The summed E-state index contributed by atoms with van der Waals surface area (Å²) in [5.74, 6) is 0.994. The second kappa shape index (κ2) is 6.72. The fourth-order valence-corrected chi connectivity index (χ4v) is 3.82. The Morgan fingerprint density at radius 2 is 2.04 bits per heavy atom. The van der Waals surface area contributed by atoms with Crippen LogP contribution in [0.4, 0.5) is 0 Å². The number of carbonyl (C=O) groups is 1. The van der Waals surface area contributed by atoms with Gasteiger partial charge in [0.05, 0.1) is 10.9 Å². The molecule has 1 aromatic carbocycles. The number of carbonyl (C=O) groups excluding carboxylic acids is 1. The topological polar surface area (TPSA) is 65.7 Å². The molecule has 2 aliphatic rings. The van der Waals surface area contributed by atoms with E-state index in [1.54, 1.807) is 0 Å². The fourth-order valence-electron chi connectivity index (χ4n) is 3.82. The quantitative estimate of drug-likeness (QED) is 0.593. The van der Waals surface area contributed by atoms with Crippen molar-refractivity contribution in [1.29, 1.82) is 0 Å². The molecule has 2 aliphatic heterocycles. The van der Waals surface area contributed by atoms with Crippen LogP contribution in [0, 0.1) is 0 Å². The first kappa shape index (κ1) is 17.6. The van der Waals surface area contributed by atoms with Crippen LogP contribution in [-0.2, 0) is 6.42 Å². The molecule has 5 heteroatoms. The highest BCUT2D eigenvalue weighted by Gasteiger charge is 2.34. The number of rotatable bonds is 3. The lowest BCUT2D eigenvalue weighted by molar-refractivity contribution is 0.0870. The van der Waals surface area contributed by atoms with Gasteiger partial charge in [0, 0.05) is 12.5 Å². The zero-order valence-electron chi connectivity index (χ0n) is 15.7. The number of fused-ring (bicyclic) bond motifs is 6. The number of benzene rings is 1. The third kappa shape index (κ3) is 2.87. The van der Waals surface area contributed by atoms with Crippen LogP contribution in [0.2, 0.25) is 0 Å². The summed E-state index contributed by atoms with van der Waals surface area (Å²) in [4.78, 5) is 25.0. The molecule has 0 spiro atoms. The second-order valence-electron chi connectivity index (χ2n) is 7.01. The minimum absolute atomic E-state index is 0.0719. The molecular weight excluding hydrogens is 344 g/mol. The van der Waals surface area contributed by atoms with Gasteiger partial charge in [0.1, 0.15) is 29.3 Å². The van der Waals surface area contributed by atoms with Crippen molar-refractivity contribution in [3.05, 3.63) is 51.4 Å². The second-order valence-corrected chi connectivity index (χ2v) is 7.01. The van der Waals surface area contributed by atoms with Crippen molar-refractivity contribution in [1.82, 2.24) is 0 Å².